The van der Waals surface area contributed by atoms with E-state index in [1.54, 1.807) is 4.90 Å². The second-order valence-electron chi connectivity index (χ2n) is 8.64. The van der Waals surface area contributed by atoms with Crippen molar-refractivity contribution >= 4 is 46.4 Å². The molecule has 184 valence electrons. The van der Waals surface area contributed by atoms with Gasteiger partial charge in [0.1, 0.15) is 0 Å². The van der Waals surface area contributed by atoms with Crippen LogP contribution in [0.25, 0.3) is 0 Å². The number of amides is 3. The molecule has 4 rings (SSSR count). The van der Waals surface area contributed by atoms with Crippen LogP contribution in [0.5, 0.6) is 0 Å². The van der Waals surface area contributed by atoms with Gasteiger partial charge in [-0.25, -0.2) is 4.79 Å². The average Bonchev–Trinajstić information content (AvgIpc) is 3.22. The van der Waals surface area contributed by atoms with E-state index in [9.17, 15) is 19.2 Å². The Hall–Kier alpha value is -4.46. The van der Waals surface area contributed by atoms with Gasteiger partial charge in [0.2, 0.25) is 11.8 Å². The first-order valence-corrected chi connectivity index (χ1v) is 11.7. The van der Waals surface area contributed by atoms with Crippen molar-refractivity contribution in [3.05, 3.63) is 84.4 Å². The minimum atomic E-state index is -0.667. The van der Waals surface area contributed by atoms with E-state index in [1.165, 1.54) is 24.3 Å². The Bertz CT molecular complexity index is 1240. The number of ether oxygens (including phenoxy) is 1. The maximum Gasteiger partial charge on any atom is 0.338 e. The molecule has 0 radical (unpaired) electrons. The van der Waals surface area contributed by atoms with Gasteiger partial charge in [-0.3, -0.25) is 19.3 Å². The Labute approximate surface area is 209 Å². The number of benzene rings is 3. The van der Waals surface area contributed by atoms with Gasteiger partial charge >= 0.3 is 5.97 Å². The molecule has 1 fully saturated rings. The molecule has 0 aromatic heterocycles. The number of para-hydroxylation sites is 1. The van der Waals surface area contributed by atoms with Gasteiger partial charge in [-0.05, 0) is 74.5 Å². The fourth-order valence-electron chi connectivity index (χ4n) is 4.01. The third-order valence-electron chi connectivity index (χ3n) is 5.73. The predicted molar refractivity (Wildman–Crippen MR) is 137 cm³/mol. The third kappa shape index (κ3) is 5.60. The number of imide groups is 1. The Morgan fingerprint density at radius 2 is 1.44 bits per heavy atom. The molecular formula is C28H27N3O5. The molecule has 3 amide bonds. The Morgan fingerprint density at radius 3 is 2.03 bits per heavy atom. The summed E-state index contributed by atoms with van der Waals surface area (Å²) in [5.41, 5.74) is 3.16. The number of carbonyl (C=O) groups excluding carboxylic acids is 4. The quantitative estimate of drug-likeness (QED) is 0.368. The molecule has 0 atom stereocenters. The normalized spacial score (nSPS) is 13.1. The molecule has 1 aliphatic rings. The van der Waals surface area contributed by atoms with Crippen LogP contribution in [0, 0.1) is 0 Å². The molecule has 0 aliphatic carbocycles. The van der Waals surface area contributed by atoms with Crippen molar-refractivity contribution in [1.29, 1.82) is 0 Å². The number of hydrogen-bond acceptors (Lipinski definition) is 6. The Balaban J connectivity index is 1.37. The van der Waals surface area contributed by atoms with Crippen LogP contribution in [-0.4, -0.2) is 36.3 Å². The van der Waals surface area contributed by atoms with Crippen molar-refractivity contribution in [2.45, 2.75) is 32.7 Å². The van der Waals surface area contributed by atoms with Crippen molar-refractivity contribution in [3.8, 4) is 0 Å². The number of nitrogens with one attached hydrogen (secondary N) is 1. The third-order valence-corrected chi connectivity index (χ3v) is 5.73. The molecule has 3 aromatic carbocycles. The van der Waals surface area contributed by atoms with E-state index in [4.69, 9.17) is 4.74 Å². The van der Waals surface area contributed by atoms with Gasteiger partial charge < -0.3 is 15.0 Å². The molecule has 36 heavy (non-hydrogen) atoms. The Kier molecular flexibility index (Phi) is 7.44. The lowest BCUT2D eigenvalue weighted by molar-refractivity contribution is -0.122. The van der Waals surface area contributed by atoms with E-state index in [-0.39, 0.29) is 42.2 Å². The van der Waals surface area contributed by atoms with Crippen molar-refractivity contribution in [2.75, 3.05) is 21.7 Å². The number of carbonyl (C=O) groups is 4. The first kappa shape index (κ1) is 24.7. The molecule has 1 N–H and O–H groups in total. The van der Waals surface area contributed by atoms with Gasteiger partial charge in [0, 0.05) is 35.9 Å². The van der Waals surface area contributed by atoms with Crippen molar-refractivity contribution in [3.63, 3.8) is 0 Å². The predicted octanol–water partition coefficient (Wildman–Crippen LogP) is 4.68. The van der Waals surface area contributed by atoms with Gasteiger partial charge in [0.05, 0.1) is 11.3 Å². The van der Waals surface area contributed by atoms with E-state index >= 15 is 0 Å². The fourth-order valence-corrected chi connectivity index (χ4v) is 4.01. The van der Waals surface area contributed by atoms with Crippen LogP contribution < -0.4 is 15.1 Å². The average molecular weight is 486 g/mol. The van der Waals surface area contributed by atoms with E-state index in [0.29, 0.717) is 11.4 Å². The lowest BCUT2D eigenvalue weighted by Gasteiger charge is -2.27. The van der Waals surface area contributed by atoms with Crippen LogP contribution >= 0.6 is 0 Å². The number of hydrogen-bond donors (Lipinski definition) is 1. The van der Waals surface area contributed by atoms with E-state index in [1.807, 2.05) is 68.4 Å². The van der Waals surface area contributed by atoms with Crippen molar-refractivity contribution in [1.82, 2.24) is 0 Å². The first-order chi connectivity index (χ1) is 17.3. The van der Waals surface area contributed by atoms with Crippen molar-refractivity contribution in [2.24, 2.45) is 0 Å². The number of anilines is 4. The zero-order valence-corrected chi connectivity index (χ0v) is 20.1. The van der Waals surface area contributed by atoms with Crippen LogP contribution in [0.4, 0.5) is 22.7 Å². The largest absolute Gasteiger partial charge is 0.452 e. The summed E-state index contributed by atoms with van der Waals surface area (Å²) in [6, 6.07) is 23.0. The maximum absolute atomic E-state index is 12.9. The van der Waals surface area contributed by atoms with E-state index in [0.717, 1.165) is 16.3 Å². The van der Waals surface area contributed by atoms with Crippen LogP contribution in [0.1, 0.15) is 37.0 Å². The van der Waals surface area contributed by atoms with Crippen LogP contribution in [0.2, 0.25) is 0 Å². The molecule has 8 nitrogen and oxygen atoms in total. The number of nitrogens with zero attached hydrogens (tertiary/aromatic N) is 2. The maximum atomic E-state index is 12.9. The molecule has 0 spiro atoms. The van der Waals surface area contributed by atoms with Crippen LogP contribution in [0.3, 0.4) is 0 Å². The molecule has 1 aliphatic heterocycles. The number of esters is 1. The minimum Gasteiger partial charge on any atom is -0.452 e. The highest BCUT2D eigenvalue weighted by atomic mass is 16.5. The standard InChI is InChI=1S/C28H27N3O5/c1-19(2)30(23-14-10-22(11-15-23)29-21-6-4-3-5-7-21)27(34)18-36-28(35)20-8-12-24(13-9-20)31-25(32)16-17-26(31)33/h3-15,19,29H,16-18H2,1-2H3. The van der Waals surface area contributed by atoms with Crippen LogP contribution in [0.15, 0.2) is 78.9 Å². The summed E-state index contributed by atoms with van der Waals surface area (Å²) in [6.07, 6.45) is 0.368. The SMILES string of the molecule is CC(C)N(C(=O)COC(=O)c1ccc(N2C(=O)CCC2=O)cc1)c1ccc(Nc2ccccc2)cc1. The molecule has 1 saturated heterocycles. The van der Waals surface area contributed by atoms with Gasteiger partial charge in [-0.15, -0.1) is 0 Å². The lowest BCUT2D eigenvalue weighted by atomic mass is 10.2. The molecule has 0 bridgehead atoms. The van der Waals surface area contributed by atoms with Crippen LogP contribution in [-0.2, 0) is 19.1 Å². The Morgan fingerprint density at radius 1 is 0.861 bits per heavy atom. The molecular weight excluding hydrogens is 458 g/mol. The van der Waals surface area contributed by atoms with Crippen molar-refractivity contribution < 1.29 is 23.9 Å². The fraction of sp³-hybridized carbons (Fsp3) is 0.214. The summed E-state index contributed by atoms with van der Waals surface area (Å²) in [4.78, 5) is 51.9. The minimum absolute atomic E-state index is 0.154. The molecule has 0 unspecified atom stereocenters. The topological polar surface area (TPSA) is 96.0 Å². The molecule has 3 aromatic rings. The van der Waals surface area contributed by atoms with Gasteiger partial charge in [0.25, 0.3) is 5.91 Å². The van der Waals surface area contributed by atoms with E-state index in [2.05, 4.69) is 5.32 Å². The highest BCUT2D eigenvalue weighted by molar-refractivity contribution is 6.19. The summed E-state index contributed by atoms with van der Waals surface area (Å²) >= 11 is 0. The van der Waals surface area contributed by atoms with Gasteiger partial charge in [-0.1, -0.05) is 18.2 Å². The monoisotopic (exact) mass is 485 g/mol. The van der Waals surface area contributed by atoms with Gasteiger partial charge in [0.15, 0.2) is 6.61 Å². The zero-order valence-electron chi connectivity index (χ0n) is 20.1. The summed E-state index contributed by atoms with van der Waals surface area (Å²) in [5, 5.41) is 3.30. The summed E-state index contributed by atoms with van der Waals surface area (Å²) in [5.74, 6) is -1.55. The first-order valence-electron chi connectivity index (χ1n) is 11.7. The van der Waals surface area contributed by atoms with Gasteiger partial charge in [-0.2, -0.15) is 0 Å². The molecule has 1 heterocycles. The smallest absolute Gasteiger partial charge is 0.338 e. The molecule has 0 saturated carbocycles. The zero-order chi connectivity index (χ0) is 25.7. The summed E-state index contributed by atoms with van der Waals surface area (Å²) in [7, 11) is 0. The highest BCUT2D eigenvalue weighted by Crippen LogP contribution is 2.24. The summed E-state index contributed by atoms with van der Waals surface area (Å²) < 4.78 is 5.26. The second-order valence-corrected chi connectivity index (χ2v) is 8.64. The molecule has 8 heteroatoms. The number of rotatable bonds is 8. The highest BCUT2D eigenvalue weighted by Gasteiger charge is 2.30. The lowest BCUT2D eigenvalue weighted by Crippen LogP contribution is -2.39. The second kappa shape index (κ2) is 10.9. The van der Waals surface area contributed by atoms with E-state index < -0.39 is 12.6 Å². The summed E-state index contributed by atoms with van der Waals surface area (Å²) in [6.45, 7) is 3.34.